The molecule has 4 N–H and O–H groups in total. The number of carbonyl (C=O) groups is 2. The molecule has 1 saturated heterocycles. The van der Waals surface area contributed by atoms with Gasteiger partial charge in [0.1, 0.15) is 18.5 Å². The molecule has 1 fully saturated rings. The predicted molar refractivity (Wildman–Crippen MR) is 147 cm³/mol. The summed E-state index contributed by atoms with van der Waals surface area (Å²) in [6.45, 7) is 3.18. The van der Waals surface area contributed by atoms with Crippen molar-refractivity contribution >= 4 is 22.8 Å². The Morgan fingerprint density at radius 2 is 2.05 bits per heavy atom. The fourth-order valence-electron chi connectivity index (χ4n) is 5.58. The van der Waals surface area contributed by atoms with Crippen LogP contribution < -0.4 is 20.9 Å². The van der Waals surface area contributed by atoms with Crippen molar-refractivity contribution < 1.29 is 23.8 Å². The molecule has 1 aromatic heterocycles. The predicted octanol–water partition coefficient (Wildman–Crippen LogP) is 2.83. The molecule has 3 heterocycles. The van der Waals surface area contributed by atoms with E-state index in [4.69, 9.17) is 30.7 Å². The van der Waals surface area contributed by atoms with Crippen molar-refractivity contribution in [3.8, 4) is 11.5 Å². The third kappa shape index (κ3) is 6.17. The number of primary amides is 1. The molecule has 0 spiro atoms. The van der Waals surface area contributed by atoms with Gasteiger partial charge in [-0.05, 0) is 49.6 Å². The number of likely N-dealkylation sites (tertiary alicyclic amines) is 1. The van der Waals surface area contributed by atoms with Crippen LogP contribution in [-0.2, 0) is 16.1 Å². The number of benzene rings is 2. The van der Waals surface area contributed by atoms with Gasteiger partial charge in [0.2, 0.25) is 11.8 Å². The lowest BCUT2D eigenvalue weighted by atomic mass is 9.96. The first kappa shape index (κ1) is 27.0. The molecule has 3 aromatic rings. The first-order valence-electron chi connectivity index (χ1n) is 13.6. The van der Waals surface area contributed by atoms with E-state index >= 15 is 0 Å². The van der Waals surface area contributed by atoms with Crippen LogP contribution in [0.2, 0.25) is 0 Å². The third-order valence-electron chi connectivity index (χ3n) is 7.50. The Hall–Kier alpha value is -3.63. The van der Waals surface area contributed by atoms with Crippen LogP contribution in [0.4, 0.5) is 0 Å². The Balaban J connectivity index is 1.19. The molecule has 0 saturated carbocycles. The number of para-hydroxylation sites is 2. The van der Waals surface area contributed by atoms with Crippen molar-refractivity contribution in [3.63, 3.8) is 0 Å². The summed E-state index contributed by atoms with van der Waals surface area (Å²) in [6, 6.07) is 12.7. The number of carbonyl (C=O) groups excluding carboxylic acids is 2. The number of piperidine rings is 1. The molecule has 0 radical (unpaired) electrons. The van der Waals surface area contributed by atoms with Gasteiger partial charge in [-0.1, -0.05) is 12.1 Å². The topological polar surface area (TPSA) is 135 Å². The van der Waals surface area contributed by atoms with Crippen molar-refractivity contribution in [2.75, 3.05) is 33.4 Å². The van der Waals surface area contributed by atoms with Gasteiger partial charge < -0.3 is 35.1 Å². The highest BCUT2D eigenvalue weighted by atomic mass is 16.6. The highest BCUT2D eigenvalue weighted by Gasteiger charge is 2.30. The molecule has 0 bridgehead atoms. The first-order chi connectivity index (χ1) is 18.9. The van der Waals surface area contributed by atoms with Gasteiger partial charge in [0.25, 0.3) is 0 Å². The average molecular weight is 536 g/mol. The summed E-state index contributed by atoms with van der Waals surface area (Å²) in [7, 11) is 1.72. The highest BCUT2D eigenvalue weighted by Crippen LogP contribution is 2.34. The van der Waals surface area contributed by atoms with E-state index in [1.165, 1.54) is 0 Å². The van der Waals surface area contributed by atoms with Crippen molar-refractivity contribution in [1.82, 2.24) is 14.5 Å². The zero-order valence-corrected chi connectivity index (χ0v) is 22.4. The van der Waals surface area contributed by atoms with Crippen molar-refractivity contribution in [2.45, 2.75) is 56.7 Å². The standard InChI is InChI=1S/C29H37N5O5/c1-37-13-5-12-34-24-8-3-2-7-23(24)32-29(34)20-6-4-11-33(17-20)27(35)16-21(30)15-22-18-38-26-14-19(28(31)36)9-10-25(26)39-22/h2-3,7-10,14,20-22H,4-6,11-13,15-18,30H2,1H3,(H2,31,36)/t20-,21+,22?/m1/s1. The number of rotatable bonds is 10. The van der Waals surface area contributed by atoms with E-state index in [9.17, 15) is 9.59 Å². The molecule has 1 unspecified atom stereocenters. The molecule has 2 aliphatic rings. The summed E-state index contributed by atoms with van der Waals surface area (Å²) >= 11 is 0. The first-order valence-corrected chi connectivity index (χ1v) is 13.6. The minimum atomic E-state index is -0.521. The number of amides is 2. The van der Waals surface area contributed by atoms with Crippen LogP contribution in [0.3, 0.4) is 0 Å². The SMILES string of the molecule is COCCCn1c([C@@H]2CCCN(C(=O)C[C@@H](N)CC3COc4cc(C(N)=O)ccc4O3)C2)nc2ccccc21. The normalized spacial score (nSPS) is 19.7. The van der Waals surface area contributed by atoms with Crippen LogP contribution in [-0.4, -0.2) is 71.8 Å². The van der Waals surface area contributed by atoms with E-state index in [2.05, 4.69) is 10.6 Å². The summed E-state index contributed by atoms with van der Waals surface area (Å²) in [4.78, 5) is 31.6. The van der Waals surface area contributed by atoms with Crippen LogP contribution in [0.15, 0.2) is 42.5 Å². The maximum absolute atomic E-state index is 13.3. The number of nitrogens with two attached hydrogens (primary N) is 2. The van der Waals surface area contributed by atoms with E-state index in [1.54, 1.807) is 25.3 Å². The minimum Gasteiger partial charge on any atom is -0.486 e. The van der Waals surface area contributed by atoms with Gasteiger partial charge in [-0.3, -0.25) is 9.59 Å². The van der Waals surface area contributed by atoms with Crippen LogP contribution >= 0.6 is 0 Å². The molecule has 2 aliphatic heterocycles. The second-order valence-corrected chi connectivity index (χ2v) is 10.4. The number of imidazole rings is 1. The van der Waals surface area contributed by atoms with Gasteiger partial charge >= 0.3 is 0 Å². The number of nitrogens with zero attached hydrogens (tertiary/aromatic N) is 3. The van der Waals surface area contributed by atoms with Crippen molar-refractivity contribution in [2.24, 2.45) is 11.5 Å². The lowest BCUT2D eigenvalue weighted by Crippen LogP contribution is -2.43. The zero-order valence-electron chi connectivity index (χ0n) is 22.4. The Labute approximate surface area is 228 Å². The number of hydrogen-bond donors (Lipinski definition) is 2. The van der Waals surface area contributed by atoms with Crippen LogP contribution in [0.25, 0.3) is 11.0 Å². The van der Waals surface area contributed by atoms with E-state index in [0.29, 0.717) is 43.2 Å². The maximum Gasteiger partial charge on any atom is 0.248 e. The van der Waals surface area contributed by atoms with Gasteiger partial charge in [-0.2, -0.15) is 0 Å². The second-order valence-electron chi connectivity index (χ2n) is 10.4. The molecular formula is C29H37N5O5. The fraction of sp³-hybridized carbons (Fsp3) is 0.483. The number of methoxy groups -OCH3 is 1. The average Bonchev–Trinajstić information content (AvgIpc) is 3.31. The molecule has 2 amide bonds. The van der Waals surface area contributed by atoms with E-state index in [1.807, 2.05) is 23.1 Å². The van der Waals surface area contributed by atoms with Crippen LogP contribution in [0, 0.1) is 0 Å². The molecule has 5 rings (SSSR count). The third-order valence-corrected chi connectivity index (χ3v) is 7.50. The lowest BCUT2D eigenvalue weighted by molar-refractivity contribution is -0.133. The number of hydrogen-bond acceptors (Lipinski definition) is 7. The second kappa shape index (κ2) is 12.0. The Kier molecular flexibility index (Phi) is 8.33. The Morgan fingerprint density at radius 3 is 2.87 bits per heavy atom. The number of fused-ring (bicyclic) bond motifs is 2. The number of aromatic nitrogens is 2. The largest absolute Gasteiger partial charge is 0.486 e. The Bertz CT molecular complexity index is 1320. The van der Waals surface area contributed by atoms with Gasteiger partial charge in [0, 0.05) is 63.7 Å². The molecular weight excluding hydrogens is 498 g/mol. The summed E-state index contributed by atoms with van der Waals surface area (Å²) in [5.41, 5.74) is 14.2. The summed E-state index contributed by atoms with van der Waals surface area (Å²) in [5.74, 6) is 1.78. The molecule has 3 atom stereocenters. The molecule has 2 aromatic carbocycles. The molecule has 39 heavy (non-hydrogen) atoms. The number of aryl methyl sites for hydroxylation is 1. The van der Waals surface area contributed by atoms with Gasteiger partial charge in [0.15, 0.2) is 11.5 Å². The molecule has 10 nitrogen and oxygen atoms in total. The van der Waals surface area contributed by atoms with Crippen LogP contribution in [0.1, 0.15) is 54.2 Å². The molecule has 208 valence electrons. The zero-order chi connectivity index (χ0) is 27.4. The quantitative estimate of drug-likeness (QED) is 0.381. The van der Waals surface area contributed by atoms with Gasteiger partial charge in [-0.15, -0.1) is 0 Å². The Morgan fingerprint density at radius 1 is 1.21 bits per heavy atom. The highest BCUT2D eigenvalue weighted by molar-refractivity contribution is 5.93. The lowest BCUT2D eigenvalue weighted by Gasteiger charge is -2.34. The summed E-state index contributed by atoms with van der Waals surface area (Å²) in [5, 5.41) is 0. The smallest absolute Gasteiger partial charge is 0.248 e. The van der Waals surface area contributed by atoms with E-state index in [-0.39, 0.29) is 30.4 Å². The van der Waals surface area contributed by atoms with E-state index < -0.39 is 5.91 Å². The minimum absolute atomic E-state index is 0.0532. The molecule has 0 aliphatic carbocycles. The van der Waals surface area contributed by atoms with Gasteiger partial charge in [-0.25, -0.2) is 4.98 Å². The van der Waals surface area contributed by atoms with Crippen molar-refractivity contribution in [3.05, 3.63) is 53.9 Å². The maximum atomic E-state index is 13.3. The summed E-state index contributed by atoms with van der Waals surface area (Å²) in [6.07, 6.45) is 3.27. The monoisotopic (exact) mass is 535 g/mol. The van der Waals surface area contributed by atoms with Gasteiger partial charge in [0.05, 0.1) is 11.0 Å². The van der Waals surface area contributed by atoms with E-state index in [0.717, 1.165) is 49.2 Å². The fourth-order valence-corrected chi connectivity index (χ4v) is 5.58. The van der Waals surface area contributed by atoms with Crippen LogP contribution in [0.5, 0.6) is 11.5 Å². The molecule has 10 heteroatoms. The van der Waals surface area contributed by atoms with Crippen molar-refractivity contribution in [1.29, 1.82) is 0 Å². The summed E-state index contributed by atoms with van der Waals surface area (Å²) < 4.78 is 19.4. The number of ether oxygens (including phenoxy) is 3.